The van der Waals surface area contributed by atoms with Crippen molar-refractivity contribution < 1.29 is 14.4 Å². The molecular formula is C16H14Cl2N2O3. The lowest BCUT2D eigenvalue weighted by molar-refractivity contribution is -0.114. The number of amides is 1. The predicted molar refractivity (Wildman–Crippen MR) is 90.6 cm³/mol. The monoisotopic (exact) mass is 352 g/mol. The van der Waals surface area contributed by atoms with Gasteiger partial charge in [-0.2, -0.15) is 0 Å². The zero-order chi connectivity index (χ0) is 16.8. The van der Waals surface area contributed by atoms with Crippen LogP contribution in [0.3, 0.4) is 0 Å². The van der Waals surface area contributed by atoms with Gasteiger partial charge in [0.1, 0.15) is 18.6 Å². The van der Waals surface area contributed by atoms with Crippen molar-refractivity contribution in [2.45, 2.75) is 0 Å². The van der Waals surface area contributed by atoms with E-state index in [0.717, 1.165) is 0 Å². The summed E-state index contributed by atoms with van der Waals surface area (Å²) >= 11 is 11.9. The molecule has 120 valence electrons. The SMILES string of the molecule is CNC(=O)C(=NOC)c1ccccc1Oc1ccc(Cl)c(Cl)c1. The Hall–Kier alpha value is -2.24. The van der Waals surface area contributed by atoms with E-state index < -0.39 is 5.91 Å². The second-order valence-electron chi connectivity index (χ2n) is 4.38. The molecule has 0 heterocycles. The van der Waals surface area contributed by atoms with Gasteiger partial charge in [-0.3, -0.25) is 4.79 Å². The zero-order valence-corrected chi connectivity index (χ0v) is 14.0. The van der Waals surface area contributed by atoms with Crippen LogP contribution in [-0.4, -0.2) is 25.8 Å². The molecule has 0 bridgehead atoms. The van der Waals surface area contributed by atoms with Gasteiger partial charge in [0.05, 0.1) is 15.6 Å². The summed E-state index contributed by atoms with van der Waals surface area (Å²) < 4.78 is 5.81. The fourth-order valence-electron chi connectivity index (χ4n) is 1.84. The highest BCUT2D eigenvalue weighted by Gasteiger charge is 2.18. The first-order valence-corrected chi connectivity index (χ1v) is 7.38. The molecule has 7 heteroatoms. The van der Waals surface area contributed by atoms with Gasteiger partial charge >= 0.3 is 0 Å². The van der Waals surface area contributed by atoms with E-state index in [2.05, 4.69) is 10.5 Å². The lowest BCUT2D eigenvalue weighted by Gasteiger charge is -2.12. The van der Waals surface area contributed by atoms with Crippen LogP contribution in [0.5, 0.6) is 11.5 Å². The van der Waals surface area contributed by atoms with Gasteiger partial charge in [-0.15, -0.1) is 0 Å². The molecule has 0 radical (unpaired) electrons. The van der Waals surface area contributed by atoms with E-state index in [9.17, 15) is 4.79 Å². The van der Waals surface area contributed by atoms with Crippen LogP contribution in [0.15, 0.2) is 47.6 Å². The van der Waals surface area contributed by atoms with Crippen molar-refractivity contribution in [3.05, 3.63) is 58.1 Å². The molecule has 0 aliphatic carbocycles. The Bertz CT molecular complexity index is 748. The lowest BCUT2D eigenvalue weighted by atomic mass is 10.1. The quantitative estimate of drug-likeness (QED) is 0.656. The van der Waals surface area contributed by atoms with Crippen molar-refractivity contribution in [3.63, 3.8) is 0 Å². The van der Waals surface area contributed by atoms with Crippen molar-refractivity contribution in [1.82, 2.24) is 5.32 Å². The van der Waals surface area contributed by atoms with Crippen molar-refractivity contribution in [2.75, 3.05) is 14.2 Å². The Morgan fingerprint density at radius 2 is 1.87 bits per heavy atom. The number of halogens is 2. The molecule has 0 saturated carbocycles. The van der Waals surface area contributed by atoms with Gasteiger partial charge in [-0.05, 0) is 24.3 Å². The summed E-state index contributed by atoms with van der Waals surface area (Å²) in [6.45, 7) is 0. The van der Waals surface area contributed by atoms with Crippen LogP contribution in [0.4, 0.5) is 0 Å². The first-order valence-electron chi connectivity index (χ1n) is 6.62. The number of carbonyl (C=O) groups is 1. The molecule has 1 amide bonds. The smallest absolute Gasteiger partial charge is 0.273 e. The van der Waals surface area contributed by atoms with E-state index in [4.69, 9.17) is 32.8 Å². The van der Waals surface area contributed by atoms with Crippen LogP contribution in [-0.2, 0) is 9.63 Å². The average molecular weight is 353 g/mol. The molecule has 1 N–H and O–H groups in total. The van der Waals surface area contributed by atoms with Gasteiger partial charge < -0.3 is 14.9 Å². The molecule has 0 aliphatic heterocycles. The summed E-state index contributed by atoms with van der Waals surface area (Å²) in [5.74, 6) is 0.530. The minimum Gasteiger partial charge on any atom is -0.457 e. The van der Waals surface area contributed by atoms with E-state index in [1.54, 1.807) is 42.5 Å². The average Bonchev–Trinajstić information content (AvgIpc) is 2.56. The zero-order valence-electron chi connectivity index (χ0n) is 12.5. The van der Waals surface area contributed by atoms with E-state index in [1.165, 1.54) is 14.2 Å². The van der Waals surface area contributed by atoms with Gasteiger partial charge in [-0.25, -0.2) is 0 Å². The summed E-state index contributed by atoms with van der Waals surface area (Å²) in [6, 6.07) is 11.9. The number of likely N-dealkylation sites (N-methyl/N-ethyl adjacent to an activating group) is 1. The molecule has 0 unspecified atom stereocenters. The van der Waals surface area contributed by atoms with Gasteiger partial charge in [-0.1, -0.05) is 40.5 Å². The number of oxime groups is 1. The van der Waals surface area contributed by atoms with Gasteiger partial charge in [0.25, 0.3) is 5.91 Å². The Kier molecular flexibility index (Phi) is 5.84. The van der Waals surface area contributed by atoms with Gasteiger partial charge in [0.2, 0.25) is 0 Å². The number of nitrogens with zero attached hydrogens (tertiary/aromatic N) is 1. The summed E-state index contributed by atoms with van der Waals surface area (Å²) in [4.78, 5) is 16.7. The largest absolute Gasteiger partial charge is 0.457 e. The number of nitrogens with one attached hydrogen (secondary N) is 1. The van der Waals surface area contributed by atoms with Crippen molar-refractivity contribution in [2.24, 2.45) is 5.16 Å². The summed E-state index contributed by atoms with van der Waals surface area (Å²) in [5.41, 5.74) is 0.588. The number of benzene rings is 2. The summed E-state index contributed by atoms with van der Waals surface area (Å²) in [7, 11) is 2.88. The Labute approximate surface area is 143 Å². The summed E-state index contributed by atoms with van der Waals surface area (Å²) in [5, 5.41) is 7.09. The molecule has 2 aromatic rings. The Morgan fingerprint density at radius 3 is 2.52 bits per heavy atom. The van der Waals surface area contributed by atoms with Crippen LogP contribution in [0.2, 0.25) is 10.0 Å². The number of hydrogen-bond acceptors (Lipinski definition) is 4. The van der Waals surface area contributed by atoms with Crippen molar-refractivity contribution in [3.8, 4) is 11.5 Å². The van der Waals surface area contributed by atoms with Crippen molar-refractivity contribution in [1.29, 1.82) is 0 Å². The van der Waals surface area contributed by atoms with Gasteiger partial charge in [0, 0.05) is 13.1 Å². The minimum atomic E-state index is -0.392. The van der Waals surface area contributed by atoms with E-state index >= 15 is 0 Å². The molecule has 0 spiro atoms. The first-order chi connectivity index (χ1) is 11.1. The maximum Gasteiger partial charge on any atom is 0.273 e. The highest BCUT2D eigenvalue weighted by molar-refractivity contribution is 6.45. The molecule has 0 aliphatic rings. The van der Waals surface area contributed by atoms with E-state index in [0.29, 0.717) is 27.1 Å². The topological polar surface area (TPSA) is 59.9 Å². The molecule has 0 fully saturated rings. The molecule has 0 saturated heterocycles. The maximum absolute atomic E-state index is 12.0. The first kappa shape index (κ1) is 17.1. The van der Waals surface area contributed by atoms with Crippen LogP contribution in [0.25, 0.3) is 0 Å². The predicted octanol–water partition coefficient (Wildman–Crippen LogP) is 3.88. The van der Waals surface area contributed by atoms with Crippen LogP contribution >= 0.6 is 23.2 Å². The number of rotatable bonds is 5. The molecule has 23 heavy (non-hydrogen) atoms. The standard InChI is InChI=1S/C16H14Cl2N2O3/c1-19-16(21)15(20-22-2)11-5-3-4-6-14(11)23-10-7-8-12(17)13(18)9-10/h3-9H,1-2H3,(H,19,21). The molecule has 2 rings (SSSR count). The molecule has 0 aromatic heterocycles. The maximum atomic E-state index is 12.0. The third-order valence-electron chi connectivity index (χ3n) is 2.89. The Morgan fingerprint density at radius 1 is 1.13 bits per heavy atom. The molecular weight excluding hydrogens is 339 g/mol. The van der Waals surface area contributed by atoms with Crippen LogP contribution < -0.4 is 10.1 Å². The minimum absolute atomic E-state index is 0.102. The number of hydrogen-bond donors (Lipinski definition) is 1. The highest BCUT2D eigenvalue weighted by atomic mass is 35.5. The Balaban J connectivity index is 2.42. The lowest BCUT2D eigenvalue weighted by Crippen LogP contribution is -2.28. The number of ether oxygens (including phenoxy) is 1. The second kappa shape index (κ2) is 7.85. The normalized spacial score (nSPS) is 11.0. The number of para-hydroxylation sites is 1. The number of carbonyl (C=O) groups excluding carboxylic acids is 1. The third-order valence-corrected chi connectivity index (χ3v) is 3.62. The summed E-state index contributed by atoms with van der Waals surface area (Å²) in [6.07, 6.45) is 0. The van der Waals surface area contributed by atoms with Crippen LogP contribution in [0.1, 0.15) is 5.56 Å². The van der Waals surface area contributed by atoms with Gasteiger partial charge in [0.15, 0.2) is 5.71 Å². The fraction of sp³-hybridized carbons (Fsp3) is 0.125. The highest BCUT2D eigenvalue weighted by Crippen LogP contribution is 2.31. The van der Waals surface area contributed by atoms with Crippen LogP contribution in [0, 0.1) is 0 Å². The molecule has 5 nitrogen and oxygen atoms in total. The molecule has 0 atom stereocenters. The van der Waals surface area contributed by atoms with Crippen molar-refractivity contribution >= 4 is 34.8 Å². The van der Waals surface area contributed by atoms with E-state index in [1.807, 2.05) is 0 Å². The third kappa shape index (κ3) is 4.15. The second-order valence-corrected chi connectivity index (χ2v) is 5.19. The molecule has 2 aromatic carbocycles. The fourth-order valence-corrected chi connectivity index (χ4v) is 2.13. The van der Waals surface area contributed by atoms with E-state index in [-0.39, 0.29) is 5.71 Å².